The Balaban J connectivity index is 1.90. The van der Waals surface area contributed by atoms with E-state index in [2.05, 4.69) is 43.4 Å². The van der Waals surface area contributed by atoms with Crippen molar-refractivity contribution in [2.45, 2.75) is 25.9 Å². The Morgan fingerprint density at radius 1 is 1.35 bits per heavy atom. The molecule has 2 nitrogen and oxygen atoms in total. The molecule has 1 aromatic carbocycles. The first-order valence-corrected chi connectivity index (χ1v) is 6.89. The molecule has 2 heterocycles. The van der Waals surface area contributed by atoms with Gasteiger partial charge in [0.15, 0.2) is 0 Å². The molecule has 0 saturated carbocycles. The van der Waals surface area contributed by atoms with E-state index in [1.807, 2.05) is 11.3 Å². The van der Waals surface area contributed by atoms with Crippen molar-refractivity contribution in [1.82, 2.24) is 5.32 Å². The number of aryl methyl sites for hydroxylation is 1. The summed E-state index contributed by atoms with van der Waals surface area (Å²) in [5.74, 6) is 0. The summed E-state index contributed by atoms with van der Waals surface area (Å²) >= 11 is 1.91. The number of ether oxygens (including phenoxy) is 1. The monoisotopic (exact) mass is 247 g/mol. The minimum Gasteiger partial charge on any atom is -0.378 e. The van der Waals surface area contributed by atoms with Gasteiger partial charge in [0.25, 0.3) is 0 Å². The van der Waals surface area contributed by atoms with E-state index in [0.717, 1.165) is 13.2 Å². The van der Waals surface area contributed by atoms with Crippen molar-refractivity contribution in [2.75, 3.05) is 13.2 Å². The Morgan fingerprint density at radius 3 is 2.76 bits per heavy atom. The lowest BCUT2D eigenvalue weighted by Gasteiger charge is -2.30. The molecule has 1 atom stereocenters. The van der Waals surface area contributed by atoms with E-state index in [4.69, 9.17) is 4.74 Å². The summed E-state index contributed by atoms with van der Waals surface area (Å²) in [6.45, 7) is 6.18. The lowest BCUT2D eigenvalue weighted by Crippen LogP contribution is -2.46. The highest BCUT2D eigenvalue weighted by Gasteiger charge is 2.22. The third kappa shape index (κ3) is 1.99. The van der Waals surface area contributed by atoms with E-state index < -0.39 is 0 Å². The van der Waals surface area contributed by atoms with Gasteiger partial charge in [-0.2, -0.15) is 0 Å². The van der Waals surface area contributed by atoms with E-state index in [1.54, 1.807) is 0 Å². The fourth-order valence-corrected chi connectivity index (χ4v) is 3.59. The molecule has 3 heteroatoms. The number of nitrogens with one attached hydrogen (secondary N) is 1. The molecule has 1 saturated heterocycles. The van der Waals surface area contributed by atoms with Crippen LogP contribution in [0.3, 0.4) is 0 Å². The molecule has 1 fully saturated rings. The van der Waals surface area contributed by atoms with E-state index in [0.29, 0.717) is 12.1 Å². The molecule has 1 aliphatic heterocycles. The molecule has 0 radical (unpaired) electrons. The molecule has 2 aromatic rings. The van der Waals surface area contributed by atoms with Gasteiger partial charge < -0.3 is 10.1 Å². The Kier molecular flexibility index (Phi) is 2.90. The topological polar surface area (TPSA) is 21.3 Å². The molecule has 0 aliphatic carbocycles. The molecule has 0 spiro atoms. The van der Waals surface area contributed by atoms with Gasteiger partial charge in [0.05, 0.1) is 19.3 Å². The van der Waals surface area contributed by atoms with Crippen LogP contribution in [-0.2, 0) is 4.74 Å². The van der Waals surface area contributed by atoms with Gasteiger partial charge in [0.1, 0.15) is 0 Å². The quantitative estimate of drug-likeness (QED) is 0.899. The molecule has 90 valence electrons. The largest absolute Gasteiger partial charge is 0.378 e. The smallest absolute Gasteiger partial charge is 0.0643 e. The summed E-state index contributed by atoms with van der Waals surface area (Å²) in [4.78, 5) is 1.46. The van der Waals surface area contributed by atoms with Gasteiger partial charge in [-0.25, -0.2) is 0 Å². The van der Waals surface area contributed by atoms with Crippen LogP contribution < -0.4 is 5.32 Å². The Bertz CT molecular complexity index is 530. The normalized spacial score (nSPS) is 18.2. The zero-order chi connectivity index (χ0) is 11.8. The van der Waals surface area contributed by atoms with Gasteiger partial charge in [0, 0.05) is 15.6 Å². The maximum Gasteiger partial charge on any atom is 0.0643 e. The lowest BCUT2D eigenvalue weighted by atomic mass is 10.1. The van der Waals surface area contributed by atoms with Crippen molar-refractivity contribution < 1.29 is 4.74 Å². The third-order valence-electron chi connectivity index (χ3n) is 3.40. The molecule has 1 unspecified atom stereocenters. The molecule has 1 aliphatic rings. The van der Waals surface area contributed by atoms with Gasteiger partial charge in [-0.05, 0) is 30.9 Å². The summed E-state index contributed by atoms with van der Waals surface area (Å²) in [5, 5.41) is 5.01. The Labute approximate surface area is 106 Å². The van der Waals surface area contributed by atoms with Crippen LogP contribution in [-0.4, -0.2) is 19.3 Å². The minimum absolute atomic E-state index is 0.418. The average Bonchev–Trinajstić information content (AvgIpc) is 2.62. The van der Waals surface area contributed by atoms with E-state index in [9.17, 15) is 0 Å². The summed E-state index contributed by atoms with van der Waals surface area (Å²) in [7, 11) is 0. The SMILES string of the molecule is Cc1c(C(C)NC2COC2)sc2ccccc12. The second-order valence-corrected chi connectivity index (χ2v) is 5.79. The van der Waals surface area contributed by atoms with Gasteiger partial charge in [-0.3, -0.25) is 0 Å². The predicted molar refractivity (Wildman–Crippen MR) is 72.7 cm³/mol. The van der Waals surface area contributed by atoms with Gasteiger partial charge in [-0.1, -0.05) is 18.2 Å². The van der Waals surface area contributed by atoms with Crippen LogP contribution in [0.15, 0.2) is 24.3 Å². The van der Waals surface area contributed by atoms with Crippen LogP contribution in [0, 0.1) is 6.92 Å². The highest BCUT2D eigenvalue weighted by atomic mass is 32.1. The number of thiophene rings is 1. The maximum atomic E-state index is 5.20. The second kappa shape index (κ2) is 4.41. The van der Waals surface area contributed by atoms with Crippen molar-refractivity contribution in [3.8, 4) is 0 Å². The first kappa shape index (κ1) is 11.2. The number of rotatable bonds is 3. The molecule has 0 amide bonds. The number of hydrogen-bond donors (Lipinski definition) is 1. The summed E-state index contributed by atoms with van der Waals surface area (Å²) < 4.78 is 6.59. The van der Waals surface area contributed by atoms with Crippen LogP contribution in [0.4, 0.5) is 0 Å². The van der Waals surface area contributed by atoms with Crippen molar-refractivity contribution in [3.05, 3.63) is 34.7 Å². The first-order valence-electron chi connectivity index (χ1n) is 6.07. The zero-order valence-electron chi connectivity index (χ0n) is 10.2. The summed E-state index contributed by atoms with van der Waals surface area (Å²) in [5.41, 5.74) is 1.42. The minimum atomic E-state index is 0.418. The number of hydrogen-bond acceptors (Lipinski definition) is 3. The van der Waals surface area contributed by atoms with Gasteiger partial charge in [-0.15, -0.1) is 11.3 Å². The van der Waals surface area contributed by atoms with Crippen LogP contribution in [0.1, 0.15) is 23.4 Å². The highest BCUT2D eigenvalue weighted by Crippen LogP contribution is 2.34. The fourth-order valence-electron chi connectivity index (χ4n) is 2.37. The first-order chi connectivity index (χ1) is 8.25. The number of benzene rings is 1. The van der Waals surface area contributed by atoms with Gasteiger partial charge in [0.2, 0.25) is 0 Å². The molecule has 1 N–H and O–H groups in total. The molecule has 3 rings (SSSR count). The lowest BCUT2D eigenvalue weighted by molar-refractivity contribution is -0.00911. The summed E-state index contributed by atoms with van der Waals surface area (Å²) in [6, 6.07) is 9.60. The van der Waals surface area contributed by atoms with Crippen LogP contribution in [0.2, 0.25) is 0 Å². The van der Waals surface area contributed by atoms with Crippen LogP contribution >= 0.6 is 11.3 Å². The van der Waals surface area contributed by atoms with Crippen molar-refractivity contribution >= 4 is 21.4 Å². The summed E-state index contributed by atoms with van der Waals surface area (Å²) in [6.07, 6.45) is 0. The molecular weight excluding hydrogens is 230 g/mol. The van der Waals surface area contributed by atoms with Crippen molar-refractivity contribution in [1.29, 1.82) is 0 Å². The second-order valence-electron chi connectivity index (χ2n) is 4.71. The standard InChI is InChI=1S/C14H17NOS/c1-9-12-5-3-4-6-13(12)17-14(9)10(2)15-11-7-16-8-11/h3-6,10-11,15H,7-8H2,1-2H3. The van der Waals surface area contributed by atoms with Crippen molar-refractivity contribution in [3.63, 3.8) is 0 Å². The van der Waals surface area contributed by atoms with Crippen molar-refractivity contribution in [2.24, 2.45) is 0 Å². The van der Waals surface area contributed by atoms with E-state index in [-0.39, 0.29) is 0 Å². The van der Waals surface area contributed by atoms with Gasteiger partial charge >= 0.3 is 0 Å². The Morgan fingerprint density at radius 2 is 2.12 bits per heavy atom. The predicted octanol–water partition coefficient (Wildman–Crippen LogP) is 3.26. The van der Waals surface area contributed by atoms with Crippen LogP contribution in [0.5, 0.6) is 0 Å². The fraction of sp³-hybridized carbons (Fsp3) is 0.429. The Hall–Kier alpha value is -0.900. The zero-order valence-corrected chi connectivity index (χ0v) is 11.0. The molecular formula is C14H17NOS. The average molecular weight is 247 g/mol. The maximum absolute atomic E-state index is 5.20. The highest BCUT2D eigenvalue weighted by molar-refractivity contribution is 7.19. The molecule has 1 aromatic heterocycles. The van der Waals surface area contributed by atoms with E-state index in [1.165, 1.54) is 20.5 Å². The number of fused-ring (bicyclic) bond motifs is 1. The molecule has 0 bridgehead atoms. The third-order valence-corrected chi connectivity index (χ3v) is 4.85. The van der Waals surface area contributed by atoms with Crippen LogP contribution in [0.25, 0.3) is 10.1 Å². The molecule has 17 heavy (non-hydrogen) atoms. The van der Waals surface area contributed by atoms with E-state index >= 15 is 0 Å².